The maximum Gasteiger partial charge on any atom is 0.261 e. The van der Waals surface area contributed by atoms with E-state index in [1.165, 1.54) is 0 Å². The number of benzene rings is 1. The highest BCUT2D eigenvalue weighted by Crippen LogP contribution is 2.30. The normalized spacial score (nSPS) is 12.9. The number of H-pyrrole nitrogens is 2. The third-order valence-corrected chi connectivity index (χ3v) is 4.45. The van der Waals surface area contributed by atoms with Crippen LogP contribution in [-0.4, -0.2) is 38.5 Å². The Morgan fingerprint density at radius 1 is 1.19 bits per heavy atom. The molecule has 0 saturated carbocycles. The Morgan fingerprint density at radius 2 is 1.96 bits per heavy atom. The van der Waals surface area contributed by atoms with Crippen LogP contribution in [0.1, 0.15) is 13.8 Å². The van der Waals surface area contributed by atoms with Gasteiger partial charge in [-0.15, -0.1) is 0 Å². The lowest BCUT2D eigenvalue weighted by atomic mass is 9.85. The summed E-state index contributed by atoms with van der Waals surface area (Å²) in [5.41, 5.74) is 3.70. The standard InChI is InChI=1S/C18H19BN6O/c1-9(2)16(19)23-15-13(17-20-10-6-4-5-7-11(10)21-17)18(26)22-12-8-25(3)24-14(12)15/h4-9,16,23H,1-3H3,(H,20,21)(H,22,26). The lowest BCUT2D eigenvalue weighted by Crippen LogP contribution is -2.27. The summed E-state index contributed by atoms with van der Waals surface area (Å²) < 4.78 is 1.66. The average molecular weight is 346 g/mol. The molecule has 26 heavy (non-hydrogen) atoms. The molecule has 0 bridgehead atoms. The molecule has 4 aromatic rings. The van der Waals surface area contributed by atoms with Crippen LogP contribution in [0.25, 0.3) is 33.5 Å². The van der Waals surface area contributed by atoms with E-state index < -0.39 is 0 Å². The van der Waals surface area contributed by atoms with Crippen molar-refractivity contribution in [2.45, 2.75) is 19.8 Å². The molecule has 8 heteroatoms. The van der Waals surface area contributed by atoms with Crippen LogP contribution in [-0.2, 0) is 7.05 Å². The predicted octanol–water partition coefficient (Wildman–Crippen LogP) is 2.37. The maximum absolute atomic E-state index is 12.9. The number of hydrogen-bond donors (Lipinski definition) is 3. The highest BCUT2D eigenvalue weighted by atomic mass is 16.1. The Hall–Kier alpha value is -3.03. The number of hydrogen-bond acceptors (Lipinski definition) is 4. The molecule has 4 rings (SSSR count). The minimum atomic E-state index is -0.329. The van der Waals surface area contributed by atoms with Crippen LogP contribution in [0.15, 0.2) is 35.3 Å². The van der Waals surface area contributed by atoms with Crippen molar-refractivity contribution < 1.29 is 0 Å². The van der Waals surface area contributed by atoms with Crippen LogP contribution in [0.3, 0.4) is 0 Å². The molecule has 3 aromatic heterocycles. The number of fused-ring (bicyclic) bond motifs is 2. The highest BCUT2D eigenvalue weighted by molar-refractivity contribution is 6.14. The molecule has 2 radical (unpaired) electrons. The quantitative estimate of drug-likeness (QED) is 0.495. The van der Waals surface area contributed by atoms with Gasteiger partial charge in [-0.3, -0.25) is 9.48 Å². The van der Waals surface area contributed by atoms with Gasteiger partial charge in [-0.05, 0) is 24.0 Å². The molecule has 0 amide bonds. The number of para-hydroxylation sites is 2. The van der Waals surface area contributed by atoms with Gasteiger partial charge in [-0.25, -0.2) is 4.98 Å². The van der Waals surface area contributed by atoms with E-state index in [9.17, 15) is 4.79 Å². The zero-order valence-electron chi connectivity index (χ0n) is 14.9. The number of pyridine rings is 1. The van der Waals surface area contributed by atoms with E-state index in [-0.39, 0.29) is 17.4 Å². The van der Waals surface area contributed by atoms with E-state index in [1.807, 2.05) is 45.2 Å². The van der Waals surface area contributed by atoms with Gasteiger partial charge in [0.15, 0.2) is 0 Å². The number of rotatable bonds is 4. The third-order valence-electron chi connectivity index (χ3n) is 4.45. The topological polar surface area (TPSA) is 91.4 Å². The van der Waals surface area contributed by atoms with Crippen molar-refractivity contribution in [3.05, 3.63) is 40.8 Å². The van der Waals surface area contributed by atoms with Crippen molar-refractivity contribution in [1.29, 1.82) is 0 Å². The minimum absolute atomic E-state index is 0.177. The van der Waals surface area contributed by atoms with E-state index in [2.05, 4.69) is 25.4 Å². The molecule has 0 aliphatic heterocycles. The number of nitrogens with zero attached hydrogens (tertiary/aromatic N) is 3. The van der Waals surface area contributed by atoms with Crippen molar-refractivity contribution in [2.75, 3.05) is 5.32 Å². The Morgan fingerprint density at radius 3 is 2.69 bits per heavy atom. The smallest absolute Gasteiger partial charge is 0.261 e. The summed E-state index contributed by atoms with van der Waals surface area (Å²) in [5, 5.41) is 7.77. The highest BCUT2D eigenvalue weighted by Gasteiger charge is 2.21. The summed E-state index contributed by atoms with van der Waals surface area (Å²) in [6.45, 7) is 4.03. The fourth-order valence-electron chi connectivity index (χ4n) is 2.95. The van der Waals surface area contributed by atoms with Crippen molar-refractivity contribution in [3.63, 3.8) is 0 Å². The zero-order valence-corrected chi connectivity index (χ0v) is 14.9. The lowest BCUT2D eigenvalue weighted by Gasteiger charge is -2.21. The average Bonchev–Trinajstić information content (AvgIpc) is 3.16. The molecule has 0 saturated heterocycles. The van der Waals surface area contributed by atoms with Gasteiger partial charge in [0.05, 0.1) is 30.1 Å². The van der Waals surface area contributed by atoms with Gasteiger partial charge in [-0.2, -0.15) is 5.10 Å². The predicted molar refractivity (Wildman–Crippen MR) is 104 cm³/mol. The molecule has 7 nitrogen and oxygen atoms in total. The Kier molecular flexibility index (Phi) is 3.83. The van der Waals surface area contributed by atoms with E-state index in [0.717, 1.165) is 11.0 Å². The van der Waals surface area contributed by atoms with Crippen LogP contribution in [0.2, 0.25) is 0 Å². The second kappa shape index (κ2) is 6.05. The van der Waals surface area contributed by atoms with Crippen LogP contribution in [0.4, 0.5) is 5.69 Å². The molecular weight excluding hydrogens is 327 g/mol. The van der Waals surface area contributed by atoms with Gasteiger partial charge in [0.2, 0.25) is 0 Å². The Balaban J connectivity index is 2.00. The molecule has 130 valence electrons. The second-order valence-electron chi connectivity index (χ2n) is 6.79. The molecule has 0 spiro atoms. The molecule has 3 N–H and O–H groups in total. The fraction of sp³-hybridized carbons (Fsp3) is 0.278. The maximum atomic E-state index is 12.9. The molecule has 0 fully saturated rings. The molecule has 0 aliphatic rings. The van der Waals surface area contributed by atoms with Crippen molar-refractivity contribution >= 4 is 35.6 Å². The van der Waals surface area contributed by atoms with Gasteiger partial charge < -0.3 is 15.3 Å². The number of aromatic amines is 2. The number of imidazole rings is 1. The first-order chi connectivity index (χ1) is 12.4. The first-order valence-corrected chi connectivity index (χ1v) is 8.51. The first-order valence-electron chi connectivity index (χ1n) is 8.51. The van der Waals surface area contributed by atoms with Crippen molar-refractivity contribution in [2.24, 2.45) is 13.0 Å². The Labute approximate surface area is 151 Å². The molecule has 1 aromatic carbocycles. The van der Waals surface area contributed by atoms with Gasteiger partial charge >= 0.3 is 0 Å². The molecule has 1 atom stereocenters. The number of nitrogens with one attached hydrogen (secondary N) is 3. The molecule has 1 unspecified atom stereocenters. The number of aromatic nitrogens is 5. The van der Waals surface area contributed by atoms with Gasteiger partial charge in [0, 0.05) is 13.2 Å². The third kappa shape index (κ3) is 2.67. The molecule has 3 heterocycles. The van der Waals surface area contributed by atoms with E-state index in [1.54, 1.807) is 10.9 Å². The van der Waals surface area contributed by atoms with Crippen LogP contribution in [0, 0.1) is 5.92 Å². The van der Waals surface area contributed by atoms with E-state index in [4.69, 9.17) is 7.85 Å². The van der Waals surface area contributed by atoms with Crippen molar-refractivity contribution in [3.8, 4) is 11.4 Å². The van der Waals surface area contributed by atoms with Gasteiger partial charge in [0.25, 0.3) is 5.56 Å². The summed E-state index contributed by atoms with van der Waals surface area (Å²) in [4.78, 5) is 23.5. The Bertz CT molecular complexity index is 1120. The van der Waals surface area contributed by atoms with Gasteiger partial charge in [-0.1, -0.05) is 26.0 Å². The molecular formula is C18H19BN6O. The van der Waals surface area contributed by atoms with Crippen LogP contribution >= 0.6 is 0 Å². The fourth-order valence-corrected chi connectivity index (χ4v) is 2.95. The van der Waals surface area contributed by atoms with Crippen molar-refractivity contribution in [1.82, 2.24) is 24.7 Å². The lowest BCUT2D eigenvalue weighted by molar-refractivity contribution is 0.643. The van der Waals surface area contributed by atoms with Crippen LogP contribution in [0.5, 0.6) is 0 Å². The first kappa shape index (κ1) is 16.4. The summed E-state index contributed by atoms with van der Waals surface area (Å²) in [6.07, 6.45) is 1.77. The van der Waals surface area contributed by atoms with E-state index >= 15 is 0 Å². The summed E-state index contributed by atoms with van der Waals surface area (Å²) in [7, 11) is 8.04. The number of anilines is 1. The summed E-state index contributed by atoms with van der Waals surface area (Å²) >= 11 is 0. The minimum Gasteiger partial charge on any atom is -0.388 e. The number of aryl methyl sites for hydroxylation is 1. The SMILES string of the molecule is [B]C(Nc1c(-c2nc3ccccc3[nH]2)c(=O)[nH]c2cn(C)nc12)C(C)C. The summed E-state index contributed by atoms with van der Waals surface area (Å²) in [5.74, 6) is 0.333. The van der Waals surface area contributed by atoms with E-state index in [0.29, 0.717) is 28.1 Å². The second-order valence-corrected chi connectivity index (χ2v) is 6.79. The molecule has 0 aliphatic carbocycles. The zero-order chi connectivity index (χ0) is 18.4. The summed E-state index contributed by atoms with van der Waals surface area (Å²) in [6, 6.07) is 7.65. The monoisotopic (exact) mass is 346 g/mol. The van der Waals surface area contributed by atoms with Gasteiger partial charge in [0.1, 0.15) is 16.9 Å². The van der Waals surface area contributed by atoms with Crippen LogP contribution < -0.4 is 10.9 Å². The largest absolute Gasteiger partial charge is 0.388 e.